The van der Waals surface area contributed by atoms with Crippen molar-refractivity contribution >= 4 is 34.4 Å². The third kappa shape index (κ3) is 3.38. The lowest BCUT2D eigenvalue weighted by Crippen LogP contribution is -2.33. The molecule has 0 aliphatic carbocycles. The van der Waals surface area contributed by atoms with Crippen molar-refractivity contribution in [2.75, 3.05) is 19.8 Å². The van der Waals surface area contributed by atoms with Crippen molar-refractivity contribution in [2.24, 2.45) is 5.92 Å². The topological polar surface area (TPSA) is 46.6 Å². The number of hydrogen-bond donors (Lipinski definition) is 0. The first kappa shape index (κ1) is 15.4. The van der Waals surface area contributed by atoms with E-state index in [0.29, 0.717) is 36.8 Å². The van der Waals surface area contributed by atoms with Crippen LogP contribution in [0.4, 0.5) is 0 Å². The Morgan fingerprint density at radius 1 is 1.15 bits per heavy atom. The molecule has 20 heavy (non-hydrogen) atoms. The van der Waals surface area contributed by atoms with Gasteiger partial charge in [-0.15, -0.1) is 0 Å². The van der Waals surface area contributed by atoms with Crippen LogP contribution in [0.15, 0.2) is 18.2 Å². The van der Waals surface area contributed by atoms with Gasteiger partial charge in [-0.2, -0.15) is 0 Å². The molecule has 1 aromatic rings. The van der Waals surface area contributed by atoms with E-state index in [4.69, 9.17) is 4.74 Å². The van der Waals surface area contributed by atoms with Crippen molar-refractivity contribution in [3.63, 3.8) is 0 Å². The zero-order valence-corrected chi connectivity index (χ0v) is 13.8. The number of nitrogens with zero attached hydrogens (tertiary/aromatic N) is 1. The first-order valence-corrected chi connectivity index (χ1v) is 7.82. The van der Waals surface area contributed by atoms with Crippen LogP contribution in [0.2, 0.25) is 0 Å². The first-order valence-electron chi connectivity index (χ1n) is 6.74. The molecule has 0 atom stereocenters. The number of halogens is 1. The highest BCUT2D eigenvalue weighted by molar-refractivity contribution is 14.1. The number of rotatable bonds is 6. The van der Waals surface area contributed by atoms with Crippen LogP contribution in [-0.2, 0) is 4.74 Å². The van der Waals surface area contributed by atoms with Crippen LogP contribution in [-0.4, -0.2) is 36.5 Å². The van der Waals surface area contributed by atoms with Gasteiger partial charge in [0.25, 0.3) is 11.8 Å². The zero-order valence-electron chi connectivity index (χ0n) is 11.7. The fourth-order valence-electron chi connectivity index (χ4n) is 2.04. The SMILES string of the molecule is CC(C)CCOCCN1C(=O)c2ccc(I)cc2C1=O. The average Bonchev–Trinajstić information content (AvgIpc) is 2.62. The minimum Gasteiger partial charge on any atom is -0.380 e. The lowest BCUT2D eigenvalue weighted by molar-refractivity contribution is 0.0553. The number of carbonyl (C=O) groups is 2. The van der Waals surface area contributed by atoms with Crippen LogP contribution in [0.25, 0.3) is 0 Å². The van der Waals surface area contributed by atoms with Crippen LogP contribution in [0.1, 0.15) is 41.0 Å². The Labute approximate surface area is 132 Å². The third-order valence-electron chi connectivity index (χ3n) is 3.23. The highest BCUT2D eigenvalue weighted by atomic mass is 127. The summed E-state index contributed by atoms with van der Waals surface area (Å²) >= 11 is 2.14. The second-order valence-corrected chi connectivity index (χ2v) is 6.49. The van der Waals surface area contributed by atoms with E-state index in [1.54, 1.807) is 12.1 Å². The fourth-order valence-corrected chi connectivity index (χ4v) is 2.53. The number of carbonyl (C=O) groups excluding carboxylic acids is 2. The molecule has 5 heteroatoms. The predicted octanol–water partition coefficient (Wildman–Crippen LogP) is 2.95. The summed E-state index contributed by atoms with van der Waals surface area (Å²) in [5.41, 5.74) is 1.00. The Bertz CT molecular complexity index is 528. The standard InChI is InChI=1S/C15H18INO3/c1-10(2)5-7-20-8-6-17-14(18)12-4-3-11(16)9-13(12)15(17)19/h3-4,9-10H,5-8H2,1-2H3. The summed E-state index contributed by atoms with van der Waals surface area (Å²) in [6, 6.07) is 5.32. The van der Waals surface area contributed by atoms with Crippen LogP contribution in [0, 0.1) is 9.49 Å². The highest BCUT2D eigenvalue weighted by Crippen LogP contribution is 2.24. The molecule has 4 nitrogen and oxygen atoms in total. The van der Waals surface area contributed by atoms with Gasteiger partial charge in [-0.1, -0.05) is 13.8 Å². The van der Waals surface area contributed by atoms with Crippen molar-refractivity contribution in [2.45, 2.75) is 20.3 Å². The Kier molecular flexibility index (Phi) is 5.15. The van der Waals surface area contributed by atoms with Gasteiger partial charge in [0.15, 0.2) is 0 Å². The van der Waals surface area contributed by atoms with Crippen LogP contribution in [0.5, 0.6) is 0 Å². The number of hydrogen-bond acceptors (Lipinski definition) is 3. The highest BCUT2D eigenvalue weighted by Gasteiger charge is 2.35. The van der Waals surface area contributed by atoms with Crippen LogP contribution in [0.3, 0.4) is 0 Å². The second-order valence-electron chi connectivity index (χ2n) is 5.25. The van der Waals surface area contributed by atoms with Gasteiger partial charge in [0.1, 0.15) is 0 Å². The molecule has 0 saturated heterocycles. The molecule has 0 unspecified atom stereocenters. The minimum atomic E-state index is -0.214. The smallest absolute Gasteiger partial charge is 0.261 e. The normalized spacial score (nSPS) is 14.3. The molecule has 0 spiro atoms. The van der Waals surface area contributed by atoms with E-state index in [9.17, 15) is 9.59 Å². The molecule has 0 aromatic heterocycles. The number of ether oxygens (including phenoxy) is 1. The molecule has 0 bridgehead atoms. The number of benzene rings is 1. The monoisotopic (exact) mass is 387 g/mol. The van der Waals surface area contributed by atoms with Crippen molar-refractivity contribution in [1.29, 1.82) is 0 Å². The molecule has 2 amide bonds. The van der Waals surface area contributed by atoms with Crippen molar-refractivity contribution in [1.82, 2.24) is 4.90 Å². The van der Waals surface area contributed by atoms with E-state index in [0.717, 1.165) is 9.99 Å². The van der Waals surface area contributed by atoms with Crippen LogP contribution >= 0.6 is 22.6 Å². The van der Waals surface area contributed by atoms with Gasteiger partial charge in [0.05, 0.1) is 24.3 Å². The van der Waals surface area contributed by atoms with E-state index in [-0.39, 0.29) is 11.8 Å². The third-order valence-corrected chi connectivity index (χ3v) is 3.90. The van der Waals surface area contributed by atoms with Crippen LogP contribution < -0.4 is 0 Å². The van der Waals surface area contributed by atoms with Gasteiger partial charge >= 0.3 is 0 Å². The molecule has 1 aliphatic rings. The molecule has 108 valence electrons. The molecule has 2 rings (SSSR count). The Morgan fingerprint density at radius 2 is 1.85 bits per heavy atom. The summed E-state index contributed by atoms with van der Waals surface area (Å²) < 4.78 is 6.43. The van der Waals surface area contributed by atoms with Gasteiger partial charge in [0.2, 0.25) is 0 Å². The molecule has 1 heterocycles. The maximum Gasteiger partial charge on any atom is 0.261 e. The molecule has 0 N–H and O–H groups in total. The van der Waals surface area contributed by atoms with Gasteiger partial charge in [-0.25, -0.2) is 0 Å². The zero-order chi connectivity index (χ0) is 14.7. The van der Waals surface area contributed by atoms with E-state index in [1.165, 1.54) is 4.90 Å². The van der Waals surface area contributed by atoms with Gasteiger partial charge in [-0.05, 0) is 53.1 Å². The molecule has 0 radical (unpaired) electrons. The van der Waals surface area contributed by atoms with E-state index in [1.807, 2.05) is 6.07 Å². The summed E-state index contributed by atoms with van der Waals surface area (Å²) in [6.07, 6.45) is 0.986. The van der Waals surface area contributed by atoms with Crippen molar-refractivity contribution in [3.05, 3.63) is 32.9 Å². The molecule has 1 aliphatic heterocycles. The summed E-state index contributed by atoms with van der Waals surface area (Å²) in [5, 5.41) is 0. The summed E-state index contributed by atoms with van der Waals surface area (Å²) in [4.78, 5) is 25.6. The van der Waals surface area contributed by atoms with E-state index >= 15 is 0 Å². The average molecular weight is 387 g/mol. The maximum absolute atomic E-state index is 12.2. The van der Waals surface area contributed by atoms with Crippen molar-refractivity contribution < 1.29 is 14.3 Å². The molecule has 0 saturated carbocycles. The molecule has 0 fully saturated rings. The predicted molar refractivity (Wildman–Crippen MR) is 84.8 cm³/mol. The largest absolute Gasteiger partial charge is 0.380 e. The Morgan fingerprint density at radius 3 is 2.55 bits per heavy atom. The number of amides is 2. The lowest BCUT2D eigenvalue weighted by atomic mass is 10.1. The number of imide groups is 1. The minimum absolute atomic E-state index is 0.212. The fraction of sp³-hybridized carbons (Fsp3) is 0.467. The molecule has 1 aromatic carbocycles. The lowest BCUT2D eigenvalue weighted by Gasteiger charge is -2.14. The number of fused-ring (bicyclic) bond motifs is 1. The molecular formula is C15H18INO3. The summed E-state index contributed by atoms with van der Waals surface area (Å²) in [7, 11) is 0. The van der Waals surface area contributed by atoms with Gasteiger partial charge in [0, 0.05) is 10.2 Å². The second kappa shape index (κ2) is 6.67. The van der Waals surface area contributed by atoms with Gasteiger partial charge in [-0.3, -0.25) is 14.5 Å². The quantitative estimate of drug-likeness (QED) is 0.429. The van der Waals surface area contributed by atoms with Crippen molar-refractivity contribution in [3.8, 4) is 0 Å². The van der Waals surface area contributed by atoms with Gasteiger partial charge < -0.3 is 4.74 Å². The van der Waals surface area contributed by atoms with E-state index in [2.05, 4.69) is 36.4 Å². The molecular weight excluding hydrogens is 369 g/mol. The Hall–Kier alpha value is -0.950. The Balaban J connectivity index is 1.92. The van der Waals surface area contributed by atoms with E-state index < -0.39 is 0 Å². The summed E-state index contributed by atoms with van der Waals surface area (Å²) in [6.45, 7) is 5.65. The summed E-state index contributed by atoms with van der Waals surface area (Å²) in [5.74, 6) is 0.168. The maximum atomic E-state index is 12.2. The first-order chi connectivity index (χ1) is 9.50.